The second-order valence-corrected chi connectivity index (χ2v) is 2.88. The highest BCUT2D eigenvalue weighted by atomic mass is 35.5. The van der Waals surface area contributed by atoms with E-state index in [1.807, 2.05) is 0 Å². The molecular weight excluding hydrogens is 186 g/mol. The first-order valence-electron chi connectivity index (χ1n) is 3.68. The molecule has 0 unspecified atom stereocenters. The van der Waals surface area contributed by atoms with Crippen molar-refractivity contribution in [1.82, 2.24) is 0 Å². The van der Waals surface area contributed by atoms with Crippen LogP contribution >= 0.6 is 11.6 Å². The molecule has 0 amide bonds. The number of benzene rings is 1. The molecule has 0 fully saturated rings. The molecule has 0 aliphatic carbocycles. The molecule has 0 spiro atoms. The van der Waals surface area contributed by atoms with Crippen LogP contribution in [0.1, 0.15) is 5.56 Å². The summed E-state index contributed by atoms with van der Waals surface area (Å²) < 4.78 is 4.99. The van der Waals surface area contributed by atoms with Crippen molar-refractivity contribution in [3.05, 3.63) is 35.4 Å². The fourth-order valence-electron chi connectivity index (χ4n) is 0.981. The van der Waals surface area contributed by atoms with Gasteiger partial charge < -0.3 is 4.74 Å². The number of aliphatic imine (C=N–C) groups is 1. The molecular formula is C10H10ClNO. The molecule has 1 aromatic carbocycles. The van der Waals surface area contributed by atoms with Gasteiger partial charge in [-0.15, -0.1) is 0 Å². The van der Waals surface area contributed by atoms with Crippen molar-refractivity contribution in [3.63, 3.8) is 0 Å². The number of ether oxygens (including phenoxy) is 1. The first-order chi connectivity index (χ1) is 6.19. The Kier molecular flexibility index (Phi) is 3.09. The summed E-state index contributed by atoms with van der Waals surface area (Å²) in [7, 11) is 1.56. The van der Waals surface area contributed by atoms with Crippen molar-refractivity contribution < 1.29 is 4.74 Å². The number of methoxy groups -OCH3 is 1. The summed E-state index contributed by atoms with van der Waals surface area (Å²) >= 11 is 5.79. The Morgan fingerprint density at radius 1 is 1.54 bits per heavy atom. The van der Waals surface area contributed by atoms with Crippen LogP contribution in [0.15, 0.2) is 29.8 Å². The fourth-order valence-corrected chi connectivity index (χ4v) is 1.15. The Hall–Kier alpha value is -1.28. The van der Waals surface area contributed by atoms with Crippen LogP contribution in [-0.4, -0.2) is 13.8 Å². The van der Waals surface area contributed by atoms with Gasteiger partial charge in [-0.2, -0.15) is 0 Å². The van der Waals surface area contributed by atoms with Crippen LogP contribution in [0.25, 0.3) is 5.76 Å². The smallest absolute Gasteiger partial charge is 0.121 e. The standard InChI is InChI=1S/C10H10ClNO/c1-7(13-3)9-5-4-8(11)6-10(9)12-2/h4-6H,1-2H2,3H3. The van der Waals surface area contributed by atoms with Crippen LogP contribution in [0.2, 0.25) is 5.02 Å². The summed E-state index contributed by atoms with van der Waals surface area (Å²) in [4.78, 5) is 3.83. The summed E-state index contributed by atoms with van der Waals surface area (Å²) in [6.45, 7) is 7.17. The molecule has 2 nitrogen and oxygen atoms in total. The van der Waals surface area contributed by atoms with Gasteiger partial charge in [0.25, 0.3) is 0 Å². The maximum Gasteiger partial charge on any atom is 0.121 e. The van der Waals surface area contributed by atoms with Gasteiger partial charge >= 0.3 is 0 Å². The summed E-state index contributed by atoms with van der Waals surface area (Å²) in [5.74, 6) is 0.555. The van der Waals surface area contributed by atoms with Crippen LogP contribution in [0.4, 0.5) is 5.69 Å². The first kappa shape index (κ1) is 9.81. The lowest BCUT2D eigenvalue weighted by molar-refractivity contribution is 0.371. The lowest BCUT2D eigenvalue weighted by atomic mass is 10.1. The molecule has 0 bridgehead atoms. The third kappa shape index (κ3) is 2.10. The number of nitrogens with zero attached hydrogens (tertiary/aromatic N) is 1. The third-order valence-corrected chi connectivity index (χ3v) is 1.91. The summed E-state index contributed by atoms with van der Waals surface area (Å²) in [5.41, 5.74) is 1.49. The van der Waals surface area contributed by atoms with E-state index >= 15 is 0 Å². The van der Waals surface area contributed by atoms with E-state index in [1.54, 1.807) is 25.3 Å². The highest BCUT2D eigenvalue weighted by molar-refractivity contribution is 6.30. The van der Waals surface area contributed by atoms with E-state index < -0.39 is 0 Å². The molecule has 68 valence electrons. The Labute approximate surface area is 82.5 Å². The van der Waals surface area contributed by atoms with Gasteiger partial charge in [-0.25, -0.2) is 0 Å². The number of rotatable bonds is 3. The Balaban J connectivity index is 3.20. The lowest BCUT2D eigenvalue weighted by Crippen LogP contribution is -1.85. The third-order valence-electron chi connectivity index (χ3n) is 1.68. The average molecular weight is 196 g/mol. The molecule has 3 heteroatoms. The van der Waals surface area contributed by atoms with Crippen LogP contribution < -0.4 is 0 Å². The van der Waals surface area contributed by atoms with Crippen LogP contribution in [-0.2, 0) is 4.74 Å². The topological polar surface area (TPSA) is 21.6 Å². The summed E-state index contributed by atoms with van der Waals surface area (Å²) in [5, 5.41) is 0.620. The van der Waals surface area contributed by atoms with Crippen molar-refractivity contribution in [3.8, 4) is 0 Å². The molecule has 0 atom stereocenters. The van der Waals surface area contributed by atoms with Gasteiger partial charge in [0.15, 0.2) is 0 Å². The fraction of sp³-hybridized carbons (Fsp3) is 0.100. The van der Waals surface area contributed by atoms with E-state index in [0.717, 1.165) is 5.56 Å². The van der Waals surface area contributed by atoms with Crippen molar-refractivity contribution in [2.75, 3.05) is 7.11 Å². The number of halogens is 1. The van der Waals surface area contributed by atoms with Gasteiger partial charge in [0.2, 0.25) is 0 Å². The first-order valence-corrected chi connectivity index (χ1v) is 4.06. The molecule has 1 rings (SSSR count). The van der Waals surface area contributed by atoms with E-state index in [-0.39, 0.29) is 0 Å². The molecule has 0 radical (unpaired) electrons. The van der Waals surface area contributed by atoms with Crippen LogP contribution in [0.5, 0.6) is 0 Å². The lowest BCUT2D eigenvalue weighted by Gasteiger charge is -2.07. The SMILES string of the molecule is C=Nc1cc(Cl)ccc1C(=C)OC. The van der Waals surface area contributed by atoms with E-state index in [4.69, 9.17) is 16.3 Å². The largest absolute Gasteiger partial charge is 0.497 e. The zero-order valence-corrected chi connectivity index (χ0v) is 8.14. The second-order valence-electron chi connectivity index (χ2n) is 2.45. The summed E-state index contributed by atoms with van der Waals surface area (Å²) in [6, 6.07) is 5.28. The van der Waals surface area contributed by atoms with Crippen molar-refractivity contribution in [1.29, 1.82) is 0 Å². The van der Waals surface area contributed by atoms with Gasteiger partial charge in [-0.05, 0) is 24.9 Å². The highest BCUT2D eigenvalue weighted by Gasteiger charge is 2.04. The maximum atomic E-state index is 5.79. The minimum absolute atomic E-state index is 0.555. The van der Waals surface area contributed by atoms with E-state index in [2.05, 4.69) is 18.3 Å². The normalized spacial score (nSPS) is 9.38. The van der Waals surface area contributed by atoms with Gasteiger partial charge in [0.05, 0.1) is 12.8 Å². The Morgan fingerprint density at radius 3 is 2.77 bits per heavy atom. The quantitative estimate of drug-likeness (QED) is 0.536. The van der Waals surface area contributed by atoms with E-state index in [1.165, 1.54) is 0 Å². The summed E-state index contributed by atoms with van der Waals surface area (Å²) in [6.07, 6.45) is 0. The maximum absolute atomic E-state index is 5.79. The molecule has 0 heterocycles. The minimum atomic E-state index is 0.555. The van der Waals surface area contributed by atoms with Gasteiger partial charge in [0.1, 0.15) is 5.76 Å². The molecule has 0 N–H and O–H groups in total. The van der Waals surface area contributed by atoms with Gasteiger partial charge in [-0.1, -0.05) is 18.2 Å². The monoisotopic (exact) mass is 195 g/mol. The number of hydrogen-bond donors (Lipinski definition) is 0. The molecule has 0 aromatic heterocycles. The van der Waals surface area contributed by atoms with E-state index in [0.29, 0.717) is 16.5 Å². The van der Waals surface area contributed by atoms with E-state index in [9.17, 15) is 0 Å². The molecule has 0 aliphatic heterocycles. The minimum Gasteiger partial charge on any atom is -0.497 e. The average Bonchev–Trinajstić information content (AvgIpc) is 2.16. The highest BCUT2D eigenvalue weighted by Crippen LogP contribution is 2.28. The Morgan fingerprint density at radius 2 is 2.23 bits per heavy atom. The van der Waals surface area contributed by atoms with Crippen LogP contribution in [0.3, 0.4) is 0 Å². The molecule has 1 aromatic rings. The van der Waals surface area contributed by atoms with Crippen molar-refractivity contribution in [2.45, 2.75) is 0 Å². The van der Waals surface area contributed by atoms with Gasteiger partial charge in [-0.3, -0.25) is 4.99 Å². The van der Waals surface area contributed by atoms with Crippen LogP contribution in [0, 0.1) is 0 Å². The second kappa shape index (κ2) is 4.10. The predicted octanol–water partition coefficient (Wildman–Crippen LogP) is 3.29. The molecule has 0 saturated carbocycles. The molecule has 0 saturated heterocycles. The number of hydrogen-bond acceptors (Lipinski definition) is 2. The predicted molar refractivity (Wildman–Crippen MR) is 56.7 cm³/mol. The van der Waals surface area contributed by atoms with Gasteiger partial charge in [0, 0.05) is 10.6 Å². The zero-order valence-electron chi connectivity index (χ0n) is 7.38. The van der Waals surface area contributed by atoms with Crippen molar-refractivity contribution >= 4 is 29.8 Å². The molecule has 0 aliphatic rings. The molecule has 13 heavy (non-hydrogen) atoms. The zero-order chi connectivity index (χ0) is 9.84. The Bertz CT molecular complexity index is 347. The van der Waals surface area contributed by atoms with Crippen molar-refractivity contribution in [2.24, 2.45) is 4.99 Å².